The van der Waals surface area contributed by atoms with Gasteiger partial charge in [-0.05, 0) is 51.3 Å². The van der Waals surface area contributed by atoms with Crippen molar-refractivity contribution in [2.24, 2.45) is 11.8 Å². The molecule has 0 saturated carbocycles. The van der Waals surface area contributed by atoms with Crippen molar-refractivity contribution in [1.29, 1.82) is 0 Å². The molecule has 6 heteroatoms. The number of carboxylic acid groups (broad SMARTS) is 1. The van der Waals surface area contributed by atoms with Gasteiger partial charge in [0.2, 0.25) is 5.91 Å². The van der Waals surface area contributed by atoms with Crippen LogP contribution in [-0.4, -0.2) is 25.9 Å². The van der Waals surface area contributed by atoms with Gasteiger partial charge in [-0.3, -0.25) is 13.8 Å². The van der Waals surface area contributed by atoms with Gasteiger partial charge in [-0.1, -0.05) is 24.3 Å². The predicted octanol–water partition coefficient (Wildman–Crippen LogP) is 3.34. The second-order valence-corrected chi connectivity index (χ2v) is 9.49. The van der Waals surface area contributed by atoms with Gasteiger partial charge in [0.05, 0.1) is 11.8 Å². The highest BCUT2D eigenvalue weighted by Gasteiger charge is 2.34. The number of carboxylic acids is 1. The summed E-state index contributed by atoms with van der Waals surface area (Å²) in [7, 11) is -1.03. The molecule has 0 radical (unpaired) electrons. The molecule has 1 aromatic carbocycles. The quantitative estimate of drug-likeness (QED) is 0.786. The fourth-order valence-electron chi connectivity index (χ4n) is 2.72. The van der Waals surface area contributed by atoms with Crippen molar-refractivity contribution in [2.75, 3.05) is 5.32 Å². The second kappa shape index (κ2) is 7.95. The summed E-state index contributed by atoms with van der Waals surface area (Å²) in [6.07, 6.45) is 4.46. The first-order valence-electron chi connectivity index (χ1n) is 8.34. The van der Waals surface area contributed by atoms with Crippen molar-refractivity contribution in [3.8, 4) is 0 Å². The summed E-state index contributed by atoms with van der Waals surface area (Å²) in [4.78, 5) is 23.9. The number of hydrogen-bond donors (Lipinski definition) is 2. The second-order valence-electron chi connectivity index (χ2n) is 7.29. The Kier molecular flexibility index (Phi) is 6.16. The summed E-state index contributed by atoms with van der Waals surface area (Å²) < 4.78 is 12.0. The molecule has 0 saturated heterocycles. The van der Waals surface area contributed by atoms with Crippen LogP contribution in [0.4, 0.5) is 5.69 Å². The van der Waals surface area contributed by atoms with E-state index in [0.29, 0.717) is 24.3 Å². The standard InChI is InChI=1S/C19H25NO4S/c1-19(2,3)25(24)12-13-7-6-8-14(11-13)20-17(21)15-9-4-5-10-16(15)18(22)23/h4-8,11,15-16H,9-10,12H2,1-3H3,(H,20,21)(H,22,23)/t15-,16+,25-/m1/s1. The number of carbonyl (C=O) groups is 2. The van der Waals surface area contributed by atoms with Gasteiger partial charge in [0.1, 0.15) is 0 Å². The van der Waals surface area contributed by atoms with Crippen LogP contribution in [-0.2, 0) is 26.1 Å². The van der Waals surface area contributed by atoms with Crippen molar-refractivity contribution in [3.63, 3.8) is 0 Å². The van der Waals surface area contributed by atoms with Crippen LogP contribution in [0.3, 0.4) is 0 Å². The van der Waals surface area contributed by atoms with Crippen molar-refractivity contribution in [3.05, 3.63) is 42.0 Å². The highest BCUT2D eigenvalue weighted by molar-refractivity contribution is 7.85. The molecule has 1 amide bonds. The number of hydrogen-bond acceptors (Lipinski definition) is 3. The van der Waals surface area contributed by atoms with Crippen LogP contribution in [0, 0.1) is 11.8 Å². The molecule has 0 heterocycles. The lowest BCUT2D eigenvalue weighted by Gasteiger charge is -2.24. The fraction of sp³-hybridized carbons (Fsp3) is 0.474. The van der Waals surface area contributed by atoms with Crippen molar-refractivity contribution >= 4 is 28.4 Å². The summed E-state index contributed by atoms with van der Waals surface area (Å²) in [5.41, 5.74) is 1.48. The Morgan fingerprint density at radius 2 is 1.84 bits per heavy atom. The number of carbonyl (C=O) groups excluding carboxylic acids is 1. The minimum Gasteiger partial charge on any atom is -0.481 e. The molecule has 5 nitrogen and oxygen atoms in total. The Labute approximate surface area is 151 Å². The normalized spacial score (nSPS) is 21.6. The first kappa shape index (κ1) is 19.4. The summed E-state index contributed by atoms with van der Waals surface area (Å²) in [6, 6.07) is 7.24. The van der Waals surface area contributed by atoms with Gasteiger partial charge in [0, 0.05) is 27.0 Å². The molecular formula is C19H25NO4S. The molecule has 0 unspecified atom stereocenters. The van der Waals surface area contributed by atoms with Crippen LogP contribution in [0.2, 0.25) is 0 Å². The monoisotopic (exact) mass is 363 g/mol. The molecule has 25 heavy (non-hydrogen) atoms. The van der Waals surface area contributed by atoms with Gasteiger partial charge in [-0.25, -0.2) is 0 Å². The molecule has 2 N–H and O–H groups in total. The first-order valence-corrected chi connectivity index (χ1v) is 9.66. The maximum absolute atomic E-state index is 12.5. The minimum atomic E-state index is -1.03. The maximum atomic E-state index is 12.5. The summed E-state index contributed by atoms with van der Waals surface area (Å²) >= 11 is 0. The Bertz CT molecular complexity index is 706. The Morgan fingerprint density at radius 1 is 1.20 bits per heavy atom. The molecule has 0 aromatic heterocycles. The van der Waals surface area contributed by atoms with Gasteiger partial charge < -0.3 is 10.4 Å². The molecule has 1 aromatic rings. The fourth-order valence-corrected chi connectivity index (χ4v) is 3.63. The number of amides is 1. The number of anilines is 1. The third-order valence-corrected chi connectivity index (χ3v) is 6.22. The predicted molar refractivity (Wildman–Crippen MR) is 99.7 cm³/mol. The van der Waals surface area contributed by atoms with Crippen LogP contribution in [0.1, 0.15) is 39.2 Å². The lowest BCUT2D eigenvalue weighted by atomic mass is 9.82. The van der Waals surface area contributed by atoms with Crippen molar-refractivity contribution in [2.45, 2.75) is 44.1 Å². The largest absolute Gasteiger partial charge is 0.481 e. The Hall–Kier alpha value is -1.95. The lowest BCUT2D eigenvalue weighted by Crippen LogP contribution is -2.34. The van der Waals surface area contributed by atoms with Gasteiger partial charge in [0.25, 0.3) is 0 Å². The van der Waals surface area contributed by atoms with E-state index in [4.69, 9.17) is 0 Å². The molecule has 0 bridgehead atoms. The number of allylic oxidation sites excluding steroid dienone is 2. The lowest BCUT2D eigenvalue weighted by molar-refractivity contribution is -0.146. The smallest absolute Gasteiger partial charge is 0.307 e. The highest BCUT2D eigenvalue weighted by Crippen LogP contribution is 2.27. The Balaban J connectivity index is 2.08. The van der Waals surface area contributed by atoms with E-state index in [1.165, 1.54) is 0 Å². The van der Waals surface area contributed by atoms with Crippen LogP contribution in [0.25, 0.3) is 0 Å². The van der Waals surface area contributed by atoms with E-state index in [-0.39, 0.29) is 10.7 Å². The number of nitrogens with one attached hydrogen (secondary N) is 1. The zero-order valence-corrected chi connectivity index (χ0v) is 15.6. The highest BCUT2D eigenvalue weighted by atomic mass is 32.2. The Morgan fingerprint density at radius 3 is 2.44 bits per heavy atom. The third kappa shape index (κ3) is 5.26. The number of benzene rings is 1. The maximum Gasteiger partial charge on any atom is 0.307 e. The van der Waals surface area contributed by atoms with E-state index in [0.717, 1.165) is 5.56 Å². The van der Waals surface area contributed by atoms with E-state index < -0.39 is 28.6 Å². The zero-order chi connectivity index (χ0) is 18.6. The van der Waals surface area contributed by atoms with Crippen LogP contribution in [0.5, 0.6) is 0 Å². The molecule has 0 fully saturated rings. The molecule has 0 aliphatic heterocycles. The minimum absolute atomic E-state index is 0.286. The van der Waals surface area contributed by atoms with Gasteiger partial charge >= 0.3 is 5.97 Å². The van der Waals surface area contributed by atoms with Crippen LogP contribution < -0.4 is 5.32 Å². The van der Waals surface area contributed by atoms with E-state index in [2.05, 4.69) is 5.32 Å². The first-order chi connectivity index (χ1) is 11.7. The zero-order valence-electron chi connectivity index (χ0n) is 14.8. The summed E-state index contributed by atoms with van der Waals surface area (Å²) in [5.74, 6) is -2.09. The number of rotatable bonds is 5. The SMILES string of the molecule is CC(C)(C)[S@](=O)Cc1cccc(NC(=O)[C@@H]2CC=CC[C@@H]2C(=O)O)c1. The van der Waals surface area contributed by atoms with Crippen molar-refractivity contribution in [1.82, 2.24) is 0 Å². The molecule has 2 rings (SSSR count). The molecule has 0 spiro atoms. The van der Waals surface area contributed by atoms with Gasteiger partial charge in [-0.15, -0.1) is 0 Å². The third-order valence-electron chi connectivity index (χ3n) is 4.26. The van der Waals surface area contributed by atoms with E-state index in [9.17, 15) is 18.9 Å². The molecular weight excluding hydrogens is 338 g/mol. The number of aliphatic carboxylic acids is 1. The molecule has 1 aliphatic rings. The van der Waals surface area contributed by atoms with Crippen molar-refractivity contribution < 1.29 is 18.9 Å². The molecule has 136 valence electrons. The molecule has 3 atom stereocenters. The van der Waals surface area contributed by atoms with Crippen LogP contribution >= 0.6 is 0 Å². The van der Waals surface area contributed by atoms with Crippen LogP contribution in [0.15, 0.2) is 36.4 Å². The van der Waals surface area contributed by atoms with E-state index in [1.54, 1.807) is 18.2 Å². The average molecular weight is 363 g/mol. The summed E-state index contributed by atoms with van der Waals surface area (Å²) in [6.45, 7) is 5.78. The van der Waals surface area contributed by atoms with Gasteiger partial charge in [-0.2, -0.15) is 0 Å². The average Bonchev–Trinajstić information content (AvgIpc) is 2.54. The van der Waals surface area contributed by atoms with E-state index >= 15 is 0 Å². The topological polar surface area (TPSA) is 83.5 Å². The summed E-state index contributed by atoms with van der Waals surface area (Å²) in [5, 5.41) is 12.1. The van der Waals surface area contributed by atoms with Gasteiger partial charge in [0.15, 0.2) is 0 Å². The van der Waals surface area contributed by atoms with E-state index in [1.807, 2.05) is 39.0 Å². The molecule has 1 aliphatic carbocycles.